The van der Waals surface area contributed by atoms with Gasteiger partial charge < -0.3 is 15.7 Å². The fourth-order valence-electron chi connectivity index (χ4n) is 1.52. The van der Waals surface area contributed by atoms with E-state index in [0.717, 1.165) is 18.5 Å². The average Bonchev–Trinajstić information content (AvgIpc) is 2.27. The van der Waals surface area contributed by atoms with Gasteiger partial charge in [0.15, 0.2) is 0 Å². The van der Waals surface area contributed by atoms with Crippen LogP contribution in [-0.4, -0.2) is 36.8 Å². The lowest BCUT2D eigenvalue weighted by molar-refractivity contribution is 0.217. The standard InChI is InChI=1S/C12H19FN2O/c1-15(8-9-16)7-6-12(14)10-2-4-11(13)5-3-10/h2-5,12,16H,6-9,14H2,1H3/t12-/m0/s1. The molecule has 0 aliphatic rings. The Morgan fingerprint density at radius 3 is 2.50 bits per heavy atom. The molecule has 0 aliphatic carbocycles. The van der Waals surface area contributed by atoms with E-state index in [4.69, 9.17) is 10.8 Å². The molecule has 0 fully saturated rings. The number of benzene rings is 1. The third kappa shape index (κ3) is 4.26. The molecule has 0 spiro atoms. The second-order valence-electron chi connectivity index (χ2n) is 3.97. The highest BCUT2D eigenvalue weighted by Crippen LogP contribution is 2.14. The molecule has 3 nitrogen and oxygen atoms in total. The zero-order valence-corrected chi connectivity index (χ0v) is 9.56. The number of aliphatic hydroxyl groups excluding tert-OH is 1. The molecule has 4 heteroatoms. The molecular weight excluding hydrogens is 207 g/mol. The Kier molecular flexibility index (Phi) is 5.38. The van der Waals surface area contributed by atoms with Crippen LogP contribution in [0.1, 0.15) is 18.0 Å². The van der Waals surface area contributed by atoms with Crippen LogP contribution in [0.5, 0.6) is 0 Å². The molecule has 0 saturated heterocycles. The van der Waals surface area contributed by atoms with Crippen LogP contribution in [0.3, 0.4) is 0 Å². The summed E-state index contributed by atoms with van der Waals surface area (Å²) in [7, 11) is 1.94. The van der Waals surface area contributed by atoms with Crippen LogP contribution in [0.25, 0.3) is 0 Å². The fourth-order valence-corrected chi connectivity index (χ4v) is 1.52. The van der Waals surface area contributed by atoms with Gasteiger partial charge in [-0.25, -0.2) is 4.39 Å². The van der Waals surface area contributed by atoms with Crippen molar-refractivity contribution in [1.29, 1.82) is 0 Å². The SMILES string of the molecule is CN(CCO)CC[C@H](N)c1ccc(F)cc1. The lowest BCUT2D eigenvalue weighted by atomic mass is 10.0. The molecule has 0 bridgehead atoms. The predicted molar refractivity (Wildman–Crippen MR) is 62.5 cm³/mol. The number of aliphatic hydroxyl groups is 1. The summed E-state index contributed by atoms with van der Waals surface area (Å²) < 4.78 is 12.7. The van der Waals surface area contributed by atoms with Gasteiger partial charge in [-0.05, 0) is 37.7 Å². The lowest BCUT2D eigenvalue weighted by Gasteiger charge is -2.18. The zero-order chi connectivity index (χ0) is 12.0. The van der Waals surface area contributed by atoms with E-state index < -0.39 is 0 Å². The summed E-state index contributed by atoms with van der Waals surface area (Å²) in [5, 5.41) is 8.73. The maximum Gasteiger partial charge on any atom is 0.123 e. The molecule has 1 atom stereocenters. The van der Waals surface area contributed by atoms with E-state index in [2.05, 4.69) is 0 Å². The Hall–Kier alpha value is -0.970. The molecule has 1 rings (SSSR count). The van der Waals surface area contributed by atoms with Crippen molar-refractivity contribution in [1.82, 2.24) is 4.90 Å². The lowest BCUT2D eigenvalue weighted by Crippen LogP contribution is -2.26. The maximum absolute atomic E-state index is 12.7. The molecule has 0 radical (unpaired) electrons. The number of halogens is 1. The van der Waals surface area contributed by atoms with E-state index in [1.54, 1.807) is 12.1 Å². The molecule has 0 amide bonds. The van der Waals surface area contributed by atoms with Gasteiger partial charge in [-0.3, -0.25) is 0 Å². The van der Waals surface area contributed by atoms with E-state index in [1.165, 1.54) is 12.1 Å². The minimum absolute atomic E-state index is 0.0817. The van der Waals surface area contributed by atoms with Gasteiger partial charge >= 0.3 is 0 Å². The summed E-state index contributed by atoms with van der Waals surface area (Å²) in [6.45, 7) is 1.62. The van der Waals surface area contributed by atoms with Crippen molar-refractivity contribution in [3.63, 3.8) is 0 Å². The van der Waals surface area contributed by atoms with Crippen LogP contribution in [0, 0.1) is 5.82 Å². The third-order valence-corrected chi connectivity index (χ3v) is 2.60. The molecule has 0 aromatic heterocycles. The van der Waals surface area contributed by atoms with Crippen LogP contribution in [0.2, 0.25) is 0 Å². The fraction of sp³-hybridized carbons (Fsp3) is 0.500. The van der Waals surface area contributed by atoms with Crippen LogP contribution in [-0.2, 0) is 0 Å². The van der Waals surface area contributed by atoms with E-state index in [-0.39, 0.29) is 18.5 Å². The van der Waals surface area contributed by atoms with Crippen LogP contribution in [0.15, 0.2) is 24.3 Å². The monoisotopic (exact) mass is 226 g/mol. The molecule has 0 unspecified atom stereocenters. The number of hydrogen-bond acceptors (Lipinski definition) is 3. The predicted octanol–water partition coefficient (Wildman–Crippen LogP) is 1.14. The van der Waals surface area contributed by atoms with Gasteiger partial charge in [-0.1, -0.05) is 12.1 Å². The number of rotatable bonds is 6. The van der Waals surface area contributed by atoms with Gasteiger partial charge in [0, 0.05) is 12.6 Å². The van der Waals surface area contributed by atoms with Gasteiger partial charge in [0.2, 0.25) is 0 Å². The van der Waals surface area contributed by atoms with E-state index in [9.17, 15) is 4.39 Å². The van der Waals surface area contributed by atoms with Crippen molar-refractivity contribution in [2.45, 2.75) is 12.5 Å². The van der Waals surface area contributed by atoms with Gasteiger partial charge in [0.1, 0.15) is 5.82 Å². The molecular formula is C12H19FN2O. The van der Waals surface area contributed by atoms with Gasteiger partial charge in [-0.2, -0.15) is 0 Å². The van der Waals surface area contributed by atoms with Crippen molar-refractivity contribution in [3.05, 3.63) is 35.6 Å². The summed E-state index contributed by atoms with van der Waals surface area (Å²) in [6.07, 6.45) is 0.794. The summed E-state index contributed by atoms with van der Waals surface area (Å²) in [4.78, 5) is 2.02. The van der Waals surface area contributed by atoms with Gasteiger partial charge in [0.25, 0.3) is 0 Å². The molecule has 1 aromatic rings. The average molecular weight is 226 g/mol. The Morgan fingerprint density at radius 2 is 1.94 bits per heavy atom. The quantitative estimate of drug-likeness (QED) is 0.764. The number of nitrogens with two attached hydrogens (primary N) is 1. The Bertz CT molecular complexity index is 302. The van der Waals surface area contributed by atoms with Crippen LogP contribution >= 0.6 is 0 Å². The summed E-state index contributed by atoms with van der Waals surface area (Å²) in [6, 6.07) is 6.19. The summed E-state index contributed by atoms with van der Waals surface area (Å²) in [5.74, 6) is -0.242. The Morgan fingerprint density at radius 1 is 1.31 bits per heavy atom. The van der Waals surface area contributed by atoms with Crippen molar-refractivity contribution in [2.75, 3.05) is 26.7 Å². The zero-order valence-electron chi connectivity index (χ0n) is 9.56. The molecule has 16 heavy (non-hydrogen) atoms. The minimum Gasteiger partial charge on any atom is -0.395 e. The molecule has 3 N–H and O–H groups in total. The van der Waals surface area contributed by atoms with Crippen molar-refractivity contribution < 1.29 is 9.50 Å². The second-order valence-corrected chi connectivity index (χ2v) is 3.97. The highest BCUT2D eigenvalue weighted by atomic mass is 19.1. The third-order valence-electron chi connectivity index (χ3n) is 2.60. The topological polar surface area (TPSA) is 49.5 Å². The Labute approximate surface area is 95.7 Å². The number of likely N-dealkylation sites (N-methyl/N-ethyl adjacent to an activating group) is 1. The molecule has 1 aromatic carbocycles. The first-order valence-electron chi connectivity index (χ1n) is 5.44. The maximum atomic E-state index is 12.7. The van der Waals surface area contributed by atoms with Crippen LogP contribution in [0.4, 0.5) is 4.39 Å². The normalized spacial score (nSPS) is 13.1. The largest absolute Gasteiger partial charge is 0.395 e. The molecule has 0 heterocycles. The highest BCUT2D eigenvalue weighted by Gasteiger charge is 2.07. The minimum atomic E-state index is -0.242. The van der Waals surface area contributed by atoms with Crippen molar-refractivity contribution >= 4 is 0 Å². The van der Waals surface area contributed by atoms with E-state index in [1.807, 2.05) is 11.9 Å². The Balaban J connectivity index is 2.40. The second kappa shape index (κ2) is 6.58. The first-order chi connectivity index (χ1) is 7.63. The molecule has 0 aliphatic heterocycles. The summed E-state index contributed by atoms with van der Waals surface area (Å²) >= 11 is 0. The number of hydrogen-bond donors (Lipinski definition) is 2. The summed E-state index contributed by atoms with van der Waals surface area (Å²) in [5.41, 5.74) is 6.92. The van der Waals surface area contributed by atoms with Crippen molar-refractivity contribution in [2.24, 2.45) is 5.73 Å². The molecule has 90 valence electrons. The van der Waals surface area contributed by atoms with E-state index >= 15 is 0 Å². The first kappa shape index (κ1) is 13.1. The first-order valence-corrected chi connectivity index (χ1v) is 5.44. The van der Waals surface area contributed by atoms with Gasteiger partial charge in [-0.15, -0.1) is 0 Å². The highest BCUT2D eigenvalue weighted by molar-refractivity contribution is 5.19. The molecule has 0 saturated carbocycles. The van der Waals surface area contributed by atoms with Crippen molar-refractivity contribution in [3.8, 4) is 0 Å². The van der Waals surface area contributed by atoms with Crippen LogP contribution < -0.4 is 5.73 Å². The smallest absolute Gasteiger partial charge is 0.123 e. The van der Waals surface area contributed by atoms with Gasteiger partial charge in [0.05, 0.1) is 6.61 Å². The number of nitrogens with zero attached hydrogens (tertiary/aromatic N) is 1. The van der Waals surface area contributed by atoms with E-state index in [0.29, 0.717) is 6.54 Å².